The Labute approximate surface area is 148 Å². The van der Waals surface area contributed by atoms with Crippen molar-refractivity contribution in [3.63, 3.8) is 0 Å². The van der Waals surface area contributed by atoms with Gasteiger partial charge in [0.15, 0.2) is 11.6 Å². The SMILES string of the molecule is COc1ccc(S(=O)(=O)NCC(O)c2csc3ccccc23)cc1F. The van der Waals surface area contributed by atoms with E-state index in [9.17, 15) is 17.9 Å². The number of fused-ring (bicyclic) bond motifs is 1. The second-order valence-electron chi connectivity index (χ2n) is 5.35. The van der Waals surface area contributed by atoms with E-state index in [0.717, 1.165) is 16.2 Å². The van der Waals surface area contributed by atoms with E-state index in [-0.39, 0.29) is 17.2 Å². The fraction of sp³-hybridized carbons (Fsp3) is 0.176. The summed E-state index contributed by atoms with van der Waals surface area (Å²) in [6.07, 6.45) is -1.01. The highest BCUT2D eigenvalue weighted by Crippen LogP contribution is 2.30. The third kappa shape index (κ3) is 3.67. The molecule has 0 fully saturated rings. The number of halogens is 1. The third-order valence-corrected chi connectivity index (χ3v) is 6.17. The van der Waals surface area contributed by atoms with Crippen molar-refractivity contribution in [3.8, 4) is 5.75 Å². The lowest BCUT2D eigenvalue weighted by Crippen LogP contribution is -2.28. The predicted molar refractivity (Wildman–Crippen MR) is 94.9 cm³/mol. The van der Waals surface area contributed by atoms with Crippen molar-refractivity contribution in [2.24, 2.45) is 0 Å². The van der Waals surface area contributed by atoms with Crippen molar-refractivity contribution in [1.29, 1.82) is 0 Å². The van der Waals surface area contributed by atoms with Gasteiger partial charge < -0.3 is 9.84 Å². The Hall–Kier alpha value is -2.00. The van der Waals surface area contributed by atoms with Crippen molar-refractivity contribution in [2.45, 2.75) is 11.0 Å². The van der Waals surface area contributed by atoms with Crippen LogP contribution in [0.4, 0.5) is 4.39 Å². The number of ether oxygens (including phenoxy) is 1. The highest BCUT2D eigenvalue weighted by Gasteiger charge is 2.20. The zero-order valence-corrected chi connectivity index (χ0v) is 14.9. The first-order chi connectivity index (χ1) is 11.9. The monoisotopic (exact) mass is 381 g/mol. The summed E-state index contributed by atoms with van der Waals surface area (Å²) in [7, 11) is -2.65. The van der Waals surface area contributed by atoms with E-state index in [0.29, 0.717) is 5.56 Å². The molecule has 8 heteroatoms. The highest BCUT2D eigenvalue weighted by atomic mass is 32.2. The van der Waals surface area contributed by atoms with Crippen molar-refractivity contribution < 1.29 is 22.7 Å². The maximum Gasteiger partial charge on any atom is 0.240 e. The van der Waals surface area contributed by atoms with E-state index in [1.54, 1.807) is 5.38 Å². The number of rotatable bonds is 6. The Morgan fingerprint density at radius 2 is 2.04 bits per heavy atom. The van der Waals surface area contributed by atoms with Gasteiger partial charge in [0.25, 0.3) is 0 Å². The van der Waals surface area contributed by atoms with Crippen LogP contribution in [-0.2, 0) is 10.0 Å². The Morgan fingerprint density at radius 3 is 2.76 bits per heavy atom. The number of aliphatic hydroxyl groups is 1. The molecule has 1 aromatic heterocycles. The first kappa shape index (κ1) is 17.8. The lowest BCUT2D eigenvalue weighted by Gasteiger charge is -2.12. The molecule has 0 bridgehead atoms. The molecule has 2 aromatic carbocycles. The normalized spacial score (nSPS) is 13.1. The van der Waals surface area contributed by atoms with Crippen molar-refractivity contribution in [2.75, 3.05) is 13.7 Å². The lowest BCUT2D eigenvalue weighted by atomic mass is 10.1. The number of aliphatic hydroxyl groups excluding tert-OH is 1. The van der Waals surface area contributed by atoms with Gasteiger partial charge in [-0.05, 0) is 35.0 Å². The number of hydrogen-bond donors (Lipinski definition) is 2. The summed E-state index contributed by atoms with van der Waals surface area (Å²) in [6.45, 7) is -0.212. The van der Waals surface area contributed by atoms with Crippen molar-refractivity contribution in [1.82, 2.24) is 4.72 Å². The molecule has 132 valence electrons. The van der Waals surface area contributed by atoms with E-state index < -0.39 is 21.9 Å². The largest absolute Gasteiger partial charge is 0.494 e. The molecule has 0 spiro atoms. The maximum atomic E-state index is 13.7. The van der Waals surface area contributed by atoms with E-state index >= 15 is 0 Å². The van der Waals surface area contributed by atoms with E-state index in [1.165, 1.54) is 30.6 Å². The molecule has 3 rings (SSSR count). The van der Waals surface area contributed by atoms with Gasteiger partial charge in [0.2, 0.25) is 10.0 Å². The van der Waals surface area contributed by atoms with Crippen LogP contribution < -0.4 is 9.46 Å². The zero-order chi connectivity index (χ0) is 18.0. The van der Waals surface area contributed by atoms with E-state index in [4.69, 9.17) is 4.74 Å². The molecule has 1 heterocycles. The second kappa shape index (κ2) is 7.09. The van der Waals surface area contributed by atoms with E-state index in [2.05, 4.69) is 4.72 Å². The standard InChI is InChI=1S/C17H16FNO4S2/c1-23-16-7-6-11(8-14(16)18)25(21,22)19-9-15(20)13-10-24-17-5-3-2-4-12(13)17/h2-8,10,15,19-20H,9H2,1H3. The molecule has 0 amide bonds. The van der Waals surface area contributed by atoms with E-state index in [1.807, 2.05) is 24.3 Å². The number of nitrogens with one attached hydrogen (secondary N) is 1. The van der Waals surface area contributed by atoms with Gasteiger partial charge in [0.1, 0.15) is 0 Å². The Balaban J connectivity index is 1.76. The maximum absolute atomic E-state index is 13.7. The van der Waals surface area contributed by atoms with Crippen LogP contribution >= 0.6 is 11.3 Å². The molecular formula is C17H16FNO4S2. The number of methoxy groups -OCH3 is 1. The van der Waals surface area contributed by atoms with Crippen LogP contribution in [-0.4, -0.2) is 27.2 Å². The van der Waals surface area contributed by atoms with Gasteiger partial charge in [0.05, 0.1) is 18.1 Å². The van der Waals surface area contributed by atoms with Crippen LogP contribution in [0.5, 0.6) is 5.75 Å². The highest BCUT2D eigenvalue weighted by molar-refractivity contribution is 7.89. The molecule has 0 aliphatic carbocycles. The average molecular weight is 381 g/mol. The summed E-state index contributed by atoms with van der Waals surface area (Å²) in [6, 6.07) is 10.9. The van der Waals surface area contributed by atoms with Crippen LogP contribution in [0.1, 0.15) is 11.7 Å². The van der Waals surface area contributed by atoms with Gasteiger partial charge in [-0.25, -0.2) is 17.5 Å². The van der Waals surface area contributed by atoms with Crippen LogP contribution in [0.2, 0.25) is 0 Å². The van der Waals surface area contributed by atoms with Crippen molar-refractivity contribution in [3.05, 3.63) is 59.2 Å². The molecule has 0 saturated heterocycles. The smallest absolute Gasteiger partial charge is 0.240 e. The second-order valence-corrected chi connectivity index (χ2v) is 8.03. The fourth-order valence-corrected chi connectivity index (χ4v) is 4.51. The third-order valence-electron chi connectivity index (χ3n) is 3.77. The first-order valence-electron chi connectivity index (χ1n) is 7.40. The minimum Gasteiger partial charge on any atom is -0.494 e. The Bertz CT molecular complexity index is 1000. The fourth-order valence-electron chi connectivity index (χ4n) is 2.45. The summed E-state index contributed by atoms with van der Waals surface area (Å²) in [5.74, 6) is -0.807. The van der Waals surface area contributed by atoms with Gasteiger partial charge in [-0.1, -0.05) is 18.2 Å². The topological polar surface area (TPSA) is 75.6 Å². The minimum atomic E-state index is -3.95. The quantitative estimate of drug-likeness (QED) is 0.688. The molecule has 0 aliphatic heterocycles. The summed E-state index contributed by atoms with van der Waals surface area (Å²) >= 11 is 1.48. The van der Waals surface area contributed by atoms with Crippen LogP contribution in [0.15, 0.2) is 52.7 Å². The zero-order valence-electron chi connectivity index (χ0n) is 13.3. The Kier molecular flexibility index (Phi) is 5.05. The first-order valence-corrected chi connectivity index (χ1v) is 9.76. The van der Waals surface area contributed by atoms with Gasteiger partial charge >= 0.3 is 0 Å². The van der Waals surface area contributed by atoms with Gasteiger partial charge in [0, 0.05) is 16.8 Å². The minimum absolute atomic E-state index is 0.0382. The number of thiophene rings is 1. The summed E-state index contributed by atoms with van der Waals surface area (Å²) in [4.78, 5) is -0.229. The number of benzene rings is 2. The van der Waals surface area contributed by atoms with Gasteiger partial charge in [-0.3, -0.25) is 0 Å². The summed E-state index contributed by atoms with van der Waals surface area (Å²) < 4.78 is 46.4. The average Bonchev–Trinajstić information content (AvgIpc) is 3.04. The molecule has 2 N–H and O–H groups in total. The molecule has 3 aromatic rings. The predicted octanol–water partition coefficient (Wildman–Crippen LogP) is 3.06. The molecule has 0 radical (unpaired) electrons. The van der Waals surface area contributed by atoms with Gasteiger partial charge in [-0.2, -0.15) is 0 Å². The molecule has 1 atom stereocenters. The molecule has 1 unspecified atom stereocenters. The summed E-state index contributed by atoms with van der Waals surface area (Å²) in [5.41, 5.74) is 0.657. The lowest BCUT2D eigenvalue weighted by molar-refractivity contribution is 0.184. The molecule has 5 nitrogen and oxygen atoms in total. The Morgan fingerprint density at radius 1 is 1.28 bits per heavy atom. The summed E-state index contributed by atoms with van der Waals surface area (Å²) in [5, 5.41) is 13.0. The molecular weight excluding hydrogens is 365 g/mol. The number of hydrogen-bond acceptors (Lipinski definition) is 5. The van der Waals surface area contributed by atoms with Crippen LogP contribution in [0.3, 0.4) is 0 Å². The van der Waals surface area contributed by atoms with Crippen LogP contribution in [0, 0.1) is 5.82 Å². The van der Waals surface area contributed by atoms with Crippen LogP contribution in [0.25, 0.3) is 10.1 Å². The molecule has 25 heavy (non-hydrogen) atoms. The molecule has 0 aliphatic rings. The number of sulfonamides is 1. The van der Waals surface area contributed by atoms with Crippen molar-refractivity contribution >= 4 is 31.4 Å². The van der Waals surface area contributed by atoms with Gasteiger partial charge in [-0.15, -0.1) is 11.3 Å². The molecule has 0 saturated carbocycles.